The van der Waals surface area contributed by atoms with Gasteiger partial charge in [-0.05, 0) is 6.42 Å². The lowest BCUT2D eigenvalue weighted by Gasteiger charge is -1.92. The Morgan fingerprint density at radius 3 is 3.00 bits per heavy atom. The summed E-state index contributed by atoms with van der Waals surface area (Å²) in [5.41, 5.74) is 0.490. The minimum absolute atomic E-state index is 0.490. The fraction of sp³-hybridized carbons (Fsp3) is 0.333. The lowest BCUT2D eigenvalue weighted by molar-refractivity contribution is -0.109. The molecule has 0 aliphatic heterocycles. The van der Waals surface area contributed by atoms with E-state index < -0.39 is 0 Å². The fourth-order valence-corrected chi connectivity index (χ4v) is 0.338. The van der Waals surface area contributed by atoms with Crippen LogP contribution in [0.25, 0.3) is 0 Å². The summed E-state index contributed by atoms with van der Waals surface area (Å²) in [5.74, 6) is 0. The number of hydrogen-bond acceptors (Lipinski definition) is 2. The Hall–Kier alpha value is -1.30. The van der Waals surface area contributed by atoms with Crippen LogP contribution >= 0.6 is 0 Å². The number of nitriles is 1. The number of nitrogens with one attached hydrogen (secondary N) is 1. The van der Waals surface area contributed by atoms with Crippen molar-refractivity contribution in [3.05, 3.63) is 12.2 Å². The number of hydrogen-bond donors (Lipinski definition) is 1. The zero-order chi connectivity index (χ0) is 7.11. The summed E-state index contributed by atoms with van der Waals surface area (Å²) in [6.07, 6.45) is 1.14. The van der Waals surface area contributed by atoms with E-state index in [1.54, 1.807) is 0 Å². The van der Waals surface area contributed by atoms with Gasteiger partial charge in [-0.25, -0.2) is 0 Å². The molecule has 1 N–H and O–H groups in total. The number of carbonyl (C=O) groups excluding carboxylic acids is 1. The maximum atomic E-state index is 9.65. The first kappa shape index (κ1) is 7.70. The molecule has 0 radical (unpaired) electrons. The molecule has 0 atom stereocenters. The standard InChI is InChI=1S/C6H8N2O/c1-6(4-7)2-3-8-5-9/h5H,1-3H2,(H,8,9). The zero-order valence-corrected chi connectivity index (χ0v) is 5.05. The van der Waals surface area contributed by atoms with Gasteiger partial charge in [0, 0.05) is 12.1 Å². The molecule has 9 heavy (non-hydrogen) atoms. The minimum Gasteiger partial charge on any atom is -0.358 e. The maximum Gasteiger partial charge on any atom is 0.207 e. The summed E-state index contributed by atoms with van der Waals surface area (Å²) in [5, 5.41) is 10.6. The number of rotatable bonds is 4. The Labute approximate surface area is 54.0 Å². The van der Waals surface area contributed by atoms with Crippen LogP contribution in [-0.2, 0) is 4.79 Å². The predicted octanol–water partition coefficient (Wildman–Crippen LogP) is 0.202. The maximum absolute atomic E-state index is 9.65. The molecule has 3 nitrogen and oxygen atoms in total. The minimum atomic E-state index is 0.490. The lowest BCUT2D eigenvalue weighted by atomic mass is 10.2. The van der Waals surface area contributed by atoms with Crippen LogP contribution in [0.15, 0.2) is 12.2 Å². The van der Waals surface area contributed by atoms with Crippen LogP contribution in [0.5, 0.6) is 0 Å². The lowest BCUT2D eigenvalue weighted by Crippen LogP contribution is -2.11. The normalized spacial score (nSPS) is 7.44. The van der Waals surface area contributed by atoms with Crippen molar-refractivity contribution in [3.63, 3.8) is 0 Å². The molecule has 0 rings (SSSR count). The first-order chi connectivity index (χ1) is 4.31. The van der Waals surface area contributed by atoms with E-state index >= 15 is 0 Å². The van der Waals surface area contributed by atoms with Crippen molar-refractivity contribution in [2.75, 3.05) is 6.54 Å². The van der Waals surface area contributed by atoms with E-state index in [2.05, 4.69) is 11.9 Å². The fourth-order valence-electron chi connectivity index (χ4n) is 0.338. The van der Waals surface area contributed by atoms with Gasteiger partial charge in [0.05, 0.1) is 6.07 Å². The van der Waals surface area contributed by atoms with E-state index in [1.165, 1.54) is 0 Å². The highest BCUT2D eigenvalue weighted by Crippen LogP contribution is 1.90. The molecule has 0 unspecified atom stereocenters. The van der Waals surface area contributed by atoms with Crippen molar-refractivity contribution in [1.82, 2.24) is 5.32 Å². The van der Waals surface area contributed by atoms with Gasteiger partial charge in [0.15, 0.2) is 0 Å². The van der Waals surface area contributed by atoms with Crippen LogP contribution in [0.2, 0.25) is 0 Å². The van der Waals surface area contributed by atoms with Gasteiger partial charge in [-0.2, -0.15) is 5.26 Å². The van der Waals surface area contributed by atoms with Crippen LogP contribution < -0.4 is 5.32 Å². The van der Waals surface area contributed by atoms with Crippen molar-refractivity contribution in [2.45, 2.75) is 6.42 Å². The molecule has 0 saturated carbocycles. The van der Waals surface area contributed by atoms with Gasteiger partial charge in [0.1, 0.15) is 0 Å². The van der Waals surface area contributed by atoms with E-state index in [4.69, 9.17) is 5.26 Å². The van der Waals surface area contributed by atoms with Gasteiger partial charge in [-0.15, -0.1) is 0 Å². The summed E-state index contributed by atoms with van der Waals surface area (Å²) in [6, 6.07) is 1.87. The predicted molar refractivity (Wildman–Crippen MR) is 33.4 cm³/mol. The molecule has 0 aliphatic rings. The SMILES string of the molecule is C=C(C#N)CCNC=O. The smallest absolute Gasteiger partial charge is 0.207 e. The van der Waals surface area contributed by atoms with Crippen LogP contribution in [-0.4, -0.2) is 13.0 Å². The molecular formula is C6H8N2O. The molecule has 3 heteroatoms. The van der Waals surface area contributed by atoms with Crippen LogP contribution in [0.1, 0.15) is 6.42 Å². The van der Waals surface area contributed by atoms with Crippen molar-refractivity contribution >= 4 is 6.41 Å². The summed E-state index contributed by atoms with van der Waals surface area (Å²) in [7, 11) is 0. The Morgan fingerprint density at radius 1 is 1.89 bits per heavy atom. The number of carbonyl (C=O) groups is 1. The first-order valence-corrected chi connectivity index (χ1v) is 2.56. The van der Waals surface area contributed by atoms with Gasteiger partial charge in [-0.3, -0.25) is 4.79 Å². The van der Waals surface area contributed by atoms with Gasteiger partial charge in [-0.1, -0.05) is 6.58 Å². The van der Waals surface area contributed by atoms with Gasteiger partial charge >= 0.3 is 0 Å². The average Bonchev–Trinajstić information content (AvgIpc) is 1.89. The second-order valence-electron chi connectivity index (χ2n) is 1.54. The molecule has 1 amide bonds. The molecule has 48 valence electrons. The number of amides is 1. The quantitative estimate of drug-likeness (QED) is 0.330. The van der Waals surface area contributed by atoms with E-state index in [1.807, 2.05) is 6.07 Å². The summed E-state index contributed by atoms with van der Waals surface area (Å²) in [4.78, 5) is 9.65. The zero-order valence-electron chi connectivity index (χ0n) is 5.05. The monoisotopic (exact) mass is 124 g/mol. The molecule has 0 heterocycles. The number of nitrogens with zero attached hydrogens (tertiary/aromatic N) is 1. The topological polar surface area (TPSA) is 52.9 Å². The average molecular weight is 124 g/mol. The van der Waals surface area contributed by atoms with Crippen LogP contribution in [0.3, 0.4) is 0 Å². The highest BCUT2D eigenvalue weighted by molar-refractivity contribution is 5.45. The summed E-state index contributed by atoms with van der Waals surface area (Å²) < 4.78 is 0. The molecule has 0 saturated heterocycles. The molecule has 0 aliphatic carbocycles. The highest BCUT2D eigenvalue weighted by Gasteiger charge is 1.87. The Bertz CT molecular complexity index is 146. The molecule has 0 bridgehead atoms. The molecule has 0 aromatic heterocycles. The first-order valence-electron chi connectivity index (χ1n) is 2.56. The van der Waals surface area contributed by atoms with Gasteiger partial charge in [0.2, 0.25) is 6.41 Å². The van der Waals surface area contributed by atoms with Gasteiger partial charge in [0.25, 0.3) is 0 Å². The molecule has 0 aromatic rings. The van der Waals surface area contributed by atoms with E-state index in [9.17, 15) is 4.79 Å². The van der Waals surface area contributed by atoms with Crippen LogP contribution in [0.4, 0.5) is 0 Å². The Morgan fingerprint density at radius 2 is 2.56 bits per heavy atom. The third kappa shape index (κ3) is 4.56. The van der Waals surface area contributed by atoms with Gasteiger partial charge < -0.3 is 5.32 Å². The second-order valence-corrected chi connectivity index (χ2v) is 1.54. The molecule has 0 fully saturated rings. The van der Waals surface area contributed by atoms with Crippen molar-refractivity contribution in [1.29, 1.82) is 5.26 Å². The molecule has 0 spiro atoms. The molecular weight excluding hydrogens is 116 g/mol. The van der Waals surface area contributed by atoms with Crippen molar-refractivity contribution < 1.29 is 4.79 Å². The summed E-state index contributed by atoms with van der Waals surface area (Å²) in [6.45, 7) is 3.92. The van der Waals surface area contributed by atoms with Crippen LogP contribution in [0, 0.1) is 11.3 Å². The van der Waals surface area contributed by atoms with Crippen molar-refractivity contribution in [2.24, 2.45) is 0 Å². The summed E-state index contributed by atoms with van der Waals surface area (Å²) >= 11 is 0. The Balaban J connectivity index is 3.19. The van der Waals surface area contributed by atoms with E-state index in [0.29, 0.717) is 24.9 Å². The van der Waals surface area contributed by atoms with E-state index in [0.717, 1.165) is 0 Å². The van der Waals surface area contributed by atoms with E-state index in [-0.39, 0.29) is 0 Å². The largest absolute Gasteiger partial charge is 0.358 e. The highest BCUT2D eigenvalue weighted by atomic mass is 16.1. The second kappa shape index (κ2) is 4.85. The third-order valence-corrected chi connectivity index (χ3v) is 0.813. The van der Waals surface area contributed by atoms with Crippen molar-refractivity contribution in [3.8, 4) is 6.07 Å². The third-order valence-electron chi connectivity index (χ3n) is 0.813. The Kier molecular flexibility index (Phi) is 4.15. The molecule has 0 aromatic carbocycles.